The van der Waals surface area contributed by atoms with E-state index in [4.69, 9.17) is 22.1 Å². The first-order chi connectivity index (χ1) is 7.15. The van der Waals surface area contributed by atoms with Gasteiger partial charge in [-0.15, -0.1) is 12.4 Å². The summed E-state index contributed by atoms with van der Waals surface area (Å²) in [6.45, 7) is 2.13. The fraction of sp³-hybridized carbons (Fsp3) is 0.364. The summed E-state index contributed by atoms with van der Waals surface area (Å²) >= 11 is 5.95. The van der Waals surface area contributed by atoms with E-state index >= 15 is 0 Å². The van der Waals surface area contributed by atoms with E-state index in [2.05, 4.69) is 0 Å². The number of hydrogen-bond donors (Lipinski definition) is 1. The molecule has 0 aliphatic carbocycles. The van der Waals surface area contributed by atoms with Gasteiger partial charge in [0.2, 0.25) is 0 Å². The molecular weight excluding hydrogens is 249 g/mol. The summed E-state index contributed by atoms with van der Waals surface area (Å²) < 4.78 is 4.81. The van der Waals surface area contributed by atoms with Crippen LogP contribution in [0.15, 0.2) is 24.3 Å². The molecule has 2 N–H and O–H groups in total. The van der Waals surface area contributed by atoms with Crippen LogP contribution in [-0.2, 0) is 9.53 Å². The van der Waals surface area contributed by atoms with Crippen LogP contribution in [0.2, 0.25) is 5.02 Å². The van der Waals surface area contributed by atoms with Crippen molar-refractivity contribution in [2.45, 2.75) is 19.4 Å². The van der Waals surface area contributed by atoms with Crippen LogP contribution in [-0.4, -0.2) is 12.6 Å². The number of halogens is 2. The molecule has 1 aromatic rings. The van der Waals surface area contributed by atoms with Gasteiger partial charge in [0, 0.05) is 11.1 Å². The van der Waals surface area contributed by atoms with E-state index in [1.807, 2.05) is 18.2 Å². The molecule has 1 aromatic carbocycles. The van der Waals surface area contributed by atoms with Gasteiger partial charge in [-0.1, -0.05) is 29.8 Å². The van der Waals surface area contributed by atoms with Gasteiger partial charge in [-0.05, 0) is 18.6 Å². The van der Waals surface area contributed by atoms with Crippen LogP contribution in [0.3, 0.4) is 0 Å². The van der Waals surface area contributed by atoms with Gasteiger partial charge >= 0.3 is 5.97 Å². The monoisotopic (exact) mass is 263 g/mol. The van der Waals surface area contributed by atoms with Crippen LogP contribution >= 0.6 is 24.0 Å². The van der Waals surface area contributed by atoms with E-state index in [1.165, 1.54) is 0 Å². The summed E-state index contributed by atoms with van der Waals surface area (Å²) in [6.07, 6.45) is 0.150. The first-order valence-electron chi connectivity index (χ1n) is 4.80. The normalized spacial score (nSPS) is 11.4. The number of nitrogens with two attached hydrogens (primary N) is 1. The molecule has 0 radical (unpaired) electrons. The number of rotatable bonds is 4. The van der Waals surface area contributed by atoms with Crippen LogP contribution in [0.4, 0.5) is 0 Å². The zero-order valence-corrected chi connectivity index (χ0v) is 10.6. The Labute approximate surface area is 106 Å². The summed E-state index contributed by atoms with van der Waals surface area (Å²) in [4.78, 5) is 11.2. The Morgan fingerprint density at radius 1 is 1.50 bits per heavy atom. The Morgan fingerprint density at radius 2 is 2.12 bits per heavy atom. The number of ether oxygens (including phenoxy) is 1. The second-order valence-electron chi connectivity index (χ2n) is 3.14. The summed E-state index contributed by atoms with van der Waals surface area (Å²) in [5, 5.41) is 0.578. The van der Waals surface area contributed by atoms with E-state index < -0.39 is 6.04 Å². The zero-order valence-electron chi connectivity index (χ0n) is 8.98. The van der Waals surface area contributed by atoms with E-state index in [0.29, 0.717) is 11.6 Å². The summed E-state index contributed by atoms with van der Waals surface area (Å²) in [5.74, 6) is -0.301. The highest BCUT2D eigenvalue weighted by Crippen LogP contribution is 2.23. The van der Waals surface area contributed by atoms with Crippen molar-refractivity contribution in [2.24, 2.45) is 5.73 Å². The van der Waals surface area contributed by atoms with Crippen LogP contribution in [0.5, 0.6) is 0 Å². The lowest BCUT2D eigenvalue weighted by Crippen LogP contribution is -2.17. The Bertz CT molecular complexity index is 345. The average molecular weight is 264 g/mol. The molecule has 0 fully saturated rings. The van der Waals surface area contributed by atoms with Crippen molar-refractivity contribution in [3.63, 3.8) is 0 Å². The molecule has 0 aliphatic heterocycles. The number of benzene rings is 1. The molecule has 0 aliphatic rings. The maximum atomic E-state index is 11.2. The molecule has 0 bridgehead atoms. The molecule has 0 aromatic heterocycles. The first-order valence-corrected chi connectivity index (χ1v) is 5.18. The van der Waals surface area contributed by atoms with Crippen molar-refractivity contribution < 1.29 is 9.53 Å². The molecule has 90 valence electrons. The molecule has 0 amide bonds. The SMILES string of the molecule is CCOC(=O)CC(N)c1ccccc1Cl.Cl. The standard InChI is InChI=1S/C11H14ClNO2.ClH/c1-2-15-11(14)7-10(13)8-5-3-4-6-9(8)12;/h3-6,10H,2,7,13H2,1H3;1H. The molecule has 3 nitrogen and oxygen atoms in total. The smallest absolute Gasteiger partial charge is 0.307 e. The predicted octanol–water partition coefficient (Wildman–Crippen LogP) is 2.71. The number of esters is 1. The van der Waals surface area contributed by atoms with Gasteiger partial charge in [0.15, 0.2) is 0 Å². The van der Waals surface area contributed by atoms with Crippen LogP contribution in [0.25, 0.3) is 0 Å². The van der Waals surface area contributed by atoms with Gasteiger partial charge in [0.05, 0.1) is 13.0 Å². The Balaban J connectivity index is 0.00000225. The maximum Gasteiger partial charge on any atom is 0.307 e. The predicted molar refractivity (Wildman–Crippen MR) is 66.9 cm³/mol. The molecule has 1 rings (SSSR count). The summed E-state index contributed by atoms with van der Waals surface area (Å²) in [6, 6.07) is 6.82. The second kappa shape index (κ2) is 7.49. The molecule has 0 saturated carbocycles. The zero-order chi connectivity index (χ0) is 11.3. The Kier molecular flexibility index (Phi) is 7.13. The molecule has 0 heterocycles. The van der Waals surface area contributed by atoms with E-state index in [0.717, 1.165) is 5.56 Å². The molecule has 0 spiro atoms. The van der Waals surface area contributed by atoms with Crippen LogP contribution < -0.4 is 5.73 Å². The maximum absolute atomic E-state index is 11.2. The fourth-order valence-corrected chi connectivity index (χ4v) is 1.56. The topological polar surface area (TPSA) is 52.3 Å². The molecule has 1 unspecified atom stereocenters. The number of carbonyl (C=O) groups excluding carboxylic acids is 1. The van der Waals surface area contributed by atoms with Gasteiger partial charge in [0.1, 0.15) is 0 Å². The van der Waals surface area contributed by atoms with Gasteiger partial charge in [-0.2, -0.15) is 0 Å². The highest BCUT2D eigenvalue weighted by Gasteiger charge is 2.14. The lowest BCUT2D eigenvalue weighted by Gasteiger charge is -2.12. The summed E-state index contributed by atoms with van der Waals surface area (Å²) in [7, 11) is 0. The van der Waals surface area contributed by atoms with Crippen molar-refractivity contribution >= 4 is 30.0 Å². The summed E-state index contributed by atoms with van der Waals surface area (Å²) in [5.41, 5.74) is 6.61. The van der Waals surface area contributed by atoms with Crippen LogP contribution in [0.1, 0.15) is 24.9 Å². The molecule has 5 heteroatoms. The fourth-order valence-electron chi connectivity index (χ4n) is 1.29. The minimum atomic E-state index is -0.405. The van der Waals surface area contributed by atoms with E-state index in [9.17, 15) is 4.79 Å². The van der Waals surface area contributed by atoms with Crippen LogP contribution in [0, 0.1) is 0 Å². The average Bonchev–Trinajstić information content (AvgIpc) is 2.18. The van der Waals surface area contributed by atoms with Gasteiger partial charge in [-0.3, -0.25) is 4.79 Å². The van der Waals surface area contributed by atoms with Gasteiger partial charge in [0.25, 0.3) is 0 Å². The van der Waals surface area contributed by atoms with Crippen molar-refractivity contribution in [2.75, 3.05) is 6.61 Å². The van der Waals surface area contributed by atoms with Crippen molar-refractivity contribution in [1.82, 2.24) is 0 Å². The molecule has 1 atom stereocenters. The third-order valence-electron chi connectivity index (χ3n) is 2.00. The van der Waals surface area contributed by atoms with E-state index in [1.54, 1.807) is 13.0 Å². The lowest BCUT2D eigenvalue weighted by atomic mass is 10.1. The molecule has 0 saturated heterocycles. The molecular formula is C11H15Cl2NO2. The second-order valence-corrected chi connectivity index (χ2v) is 3.54. The lowest BCUT2D eigenvalue weighted by molar-refractivity contribution is -0.143. The highest BCUT2D eigenvalue weighted by atomic mass is 35.5. The number of hydrogen-bond acceptors (Lipinski definition) is 3. The molecule has 16 heavy (non-hydrogen) atoms. The minimum Gasteiger partial charge on any atom is -0.466 e. The largest absolute Gasteiger partial charge is 0.466 e. The Morgan fingerprint density at radius 3 is 2.69 bits per heavy atom. The third-order valence-corrected chi connectivity index (χ3v) is 2.34. The van der Waals surface area contributed by atoms with Gasteiger partial charge < -0.3 is 10.5 Å². The third kappa shape index (κ3) is 4.39. The van der Waals surface area contributed by atoms with Crippen molar-refractivity contribution in [3.05, 3.63) is 34.9 Å². The number of carbonyl (C=O) groups is 1. The quantitative estimate of drug-likeness (QED) is 0.850. The first kappa shape index (κ1) is 15.2. The Hall–Kier alpha value is -0.770. The van der Waals surface area contributed by atoms with Crippen molar-refractivity contribution in [1.29, 1.82) is 0 Å². The van der Waals surface area contributed by atoms with E-state index in [-0.39, 0.29) is 24.8 Å². The highest BCUT2D eigenvalue weighted by molar-refractivity contribution is 6.31. The minimum absolute atomic E-state index is 0. The van der Waals surface area contributed by atoms with Gasteiger partial charge in [-0.25, -0.2) is 0 Å². The van der Waals surface area contributed by atoms with Crippen molar-refractivity contribution in [3.8, 4) is 0 Å².